The zero-order valence-electron chi connectivity index (χ0n) is 8.54. The van der Waals surface area contributed by atoms with E-state index in [0.29, 0.717) is 6.54 Å². The first-order valence-corrected chi connectivity index (χ1v) is 4.52. The number of aryl methyl sites for hydroxylation is 1. The molecule has 74 valence electrons. The average Bonchev–Trinajstić information content (AvgIpc) is 2.34. The summed E-state index contributed by atoms with van der Waals surface area (Å²) < 4.78 is 2.07. The summed E-state index contributed by atoms with van der Waals surface area (Å²) in [5, 5.41) is 12.6. The van der Waals surface area contributed by atoms with Gasteiger partial charge in [0.1, 0.15) is 0 Å². The van der Waals surface area contributed by atoms with E-state index in [2.05, 4.69) is 16.0 Å². The monoisotopic (exact) mass is 182 g/mol. The third-order valence-electron chi connectivity index (χ3n) is 1.92. The summed E-state index contributed by atoms with van der Waals surface area (Å²) in [7, 11) is 2.01. The molecule has 0 bridgehead atoms. The summed E-state index contributed by atoms with van der Waals surface area (Å²) in [4.78, 5) is 0. The standard InChI is InChI=1S/C10H18N2O/c1-10(2,13)8-11-7-9-5-4-6-12(9)3/h4-6,11,13H,7-8H2,1-3H3. The molecule has 1 rings (SSSR count). The lowest BCUT2D eigenvalue weighted by molar-refractivity contribution is 0.0793. The van der Waals surface area contributed by atoms with Crippen LogP contribution in [0.5, 0.6) is 0 Å². The van der Waals surface area contributed by atoms with Gasteiger partial charge in [-0.3, -0.25) is 0 Å². The van der Waals surface area contributed by atoms with Crippen molar-refractivity contribution in [3.05, 3.63) is 24.0 Å². The minimum atomic E-state index is -0.634. The molecule has 13 heavy (non-hydrogen) atoms. The molecule has 1 aromatic heterocycles. The van der Waals surface area contributed by atoms with Crippen LogP contribution in [0.4, 0.5) is 0 Å². The number of hydrogen-bond donors (Lipinski definition) is 2. The highest BCUT2D eigenvalue weighted by Gasteiger charge is 2.11. The van der Waals surface area contributed by atoms with E-state index in [1.54, 1.807) is 13.8 Å². The van der Waals surface area contributed by atoms with Gasteiger partial charge in [-0.15, -0.1) is 0 Å². The largest absolute Gasteiger partial charge is 0.389 e. The van der Waals surface area contributed by atoms with Crippen LogP contribution < -0.4 is 5.32 Å². The molecule has 1 heterocycles. The van der Waals surface area contributed by atoms with E-state index in [4.69, 9.17) is 0 Å². The molecule has 0 atom stereocenters. The molecule has 0 fully saturated rings. The molecule has 0 spiro atoms. The third-order valence-corrected chi connectivity index (χ3v) is 1.92. The van der Waals surface area contributed by atoms with Gasteiger partial charge in [0.25, 0.3) is 0 Å². The lowest BCUT2D eigenvalue weighted by Gasteiger charge is -2.17. The summed E-state index contributed by atoms with van der Waals surface area (Å²) in [5.74, 6) is 0. The van der Waals surface area contributed by atoms with Gasteiger partial charge in [0.15, 0.2) is 0 Å². The first kappa shape index (κ1) is 10.3. The van der Waals surface area contributed by atoms with Crippen LogP contribution >= 0.6 is 0 Å². The lowest BCUT2D eigenvalue weighted by atomic mass is 10.1. The highest BCUT2D eigenvalue weighted by atomic mass is 16.3. The van der Waals surface area contributed by atoms with E-state index in [1.807, 2.05) is 19.3 Å². The number of nitrogens with zero attached hydrogens (tertiary/aromatic N) is 1. The molecule has 0 unspecified atom stereocenters. The lowest BCUT2D eigenvalue weighted by Crippen LogP contribution is -2.34. The van der Waals surface area contributed by atoms with Crippen LogP contribution in [-0.2, 0) is 13.6 Å². The number of aromatic nitrogens is 1. The Hall–Kier alpha value is -0.800. The van der Waals surface area contributed by atoms with Crippen LogP contribution in [0.1, 0.15) is 19.5 Å². The summed E-state index contributed by atoms with van der Waals surface area (Å²) in [6.45, 7) is 5.00. The second-order valence-electron chi connectivity index (χ2n) is 4.03. The topological polar surface area (TPSA) is 37.2 Å². The van der Waals surface area contributed by atoms with Crippen molar-refractivity contribution < 1.29 is 5.11 Å². The number of nitrogens with one attached hydrogen (secondary N) is 1. The van der Waals surface area contributed by atoms with Crippen molar-refractivity contribution in [2.45, 2.75) is 26.0 Å². The smallest absolute Gasteiger partial charge is 0.0715 e. The van der Waals surface area contributed by atoms with Crippen molar-refractivity contribution >= 4 is 0 Å². The van der Waals surface area contributed by atoms with Gasteiger partial charge < -0.3 is 15.0 Å². The molecule has 3 heteroatoms. The Balaban J connectivity index is 2.32. The Morgan fingerprint density at radius 3 is 2.69 bits per heavy atom. The predicted molar refractivity (Wildman–Crippen MR) is 53.4 cm³/mol. The molecular weight excluding hydrogens is 164 g/mol. The minimum absolute atomic E-state index is 0.609. The molecule has 0 aliphatic carbocycles. The maximum atomic E-state index is 9.45. The van der Waals surface area contributed by atoms with Crippen LogP contribution in [-0.4, -0.2) is 21.8 Å². The molecule has 1 aromatic rings. The van der Waals surface area contributed by atoms with Gasteiger partial charge in [-0.2, -0.15) is 0 Å². The Labute approximate surface area is 79.4 Å². The maximum Gasteiger partial charge on any atom is 0.0715 e. The van der Waals surface area contributed by atoms with Crippen molar-refractivity contribution in [2.75, 3.05) is 6.54 Å². The van der Waals surface area contributed by atoms with Gasteiger partial charge in [0, 0.05) is 32.0 Å². The summed E-state index contributed by atoms with van der Waals surface area (Å²) >= 11 is 0. The third kappa shape index (κ3) is 3.61. The van der Waals surface area contributed by atoms with Crippen LogP contribution in [0, 0.1) is 0 Å². The minimum Gasteiger partial charge on any atom is -0.389 e. The molecule has 0 aliphatic heterocycles. The van der Waals surface area contributed by atoms with Gasteiger partial charge in [-0.1, -0.05) is 0 Å². The molecule has 0 saturated heterocycles. The van der Waals surface area contributed by atoms with Gasteiger partial charge in [-0.05, 0) is 26.0 Å². The Morgan fingerprint density at radius 1 is 1.54 bits per heavy atom. The van der Waals surface area contributed by atoms with E-state index in [-0.39, 0.29) is 0 Å². The Kier molecular flexibility index (Phi) is 3.12. The zero-order chi connectivity index (χ0) is 9.90. The zero-order valence-corrected chi connectivity index (χ0v) is 8.54. The van der Waals surface area contributed by atoms with Crippen molar-refractivity contribution in [1.29, 1.82) is 0 Å². The van der Waals surface area contributed by atoms with Gasteiger partial charge in [-0.25, -0.2) is 0 Å². The molecule has 2 N–H and O–H groups in total. The normalized spacial score (nSPS) is 12.0. The van der Waals surface area contributed by atoms with E-state index < -0.39 is 5.60 Å². The van der Waals surface area contributed by atoms with Crippen LogP contribution in [0.25, 0.3) is 0 Å². The number of aliphatic hydroxyl groups is 1. The number of hydrogen-bond acceptors (Lipinski definition) is 2. The molecule has 0 amide bonds. The van der Waals surface area contributed by atoms with Crippen molar-refractivity contribution in [1.82, 2.24) is 9.88 Å². The molecule has 0 aliphatic rings. The highest BCUT2D eigenvalue weighted by molar-refractivity contribution is 5.05. The van der Waals surface area contributed by atoms with E-state index >= 15 is 0 Å². The van der Waals surface area contributed by atoms with Crippen molar-refractivity contribution in [3.8, 4) is 0 Å². The SMILES string of the molecule is Cn1cccc1CNCC(C)(C)O. The number of rotatable bonds is 4. The highest BCUT2D eigenvalue weighted by Crippen LogP contribution is 2.01. The fraction of sp³-hybridized carbons (Fsp3) is 0.600. The quantitative estimate of drug-likeness (QED) is 0.725. The van der Waals surface area contributed by atoms with E-state index in [9.17, 15) is 5.11 Å². The molecule has 3 nitrogen and oxygen atoms in total. The van der Waals surface area contributed by atoms with Crippen LogP contribution in [0.2, 0.25) is 0 Å². The Bertz CT molecular complexity index is 260. The van der Waals surface area contributed by atoms with Crippen LogP contribution in [0.15, 0.2) is 18.3 Å². The Morgan fingerprint density at radius 2 is 2.23 bits per heavy atom. The van der Waals surface area contributed by atoms with Gasteiger partial charge in [0.2, 0.25) is 0 Å². The summed E-state index contributed by atoms with van der Waals surface area (Å²) in [6.07, 6.45) is 2.01. The summed E-state index contributed by atoms with van der Waals surface area (Å²) in [6, 6.07) is 4.08. The average molecular weight is 182 g/mol. The first-order valence-electron chi connectivity index (χ1n) is 4.52. The van der Waals surface area contributed by atoms with E-state index in [0.717, 1.165) is 6.54 Å². The van der Waals surface area contributed by atoms with Gasteiger partial charge in [0.05, 0.1) is 5.60 Å². The molecular formula is C10H18N2O. The second kappa shape index (κ2) is 3.94. The summed E-state index contributed by atoms with van der Waals surface area (Å²) in [5.41, 5.74) is 0.592. The second-order valence-corrected chi connectivity index (χ2v) is 4.03. The molecule has 0 saturated carbocycles. The fourth-order valence-corrected chi connectivity index (χ4v) is 1.18. The van der Waals surface area contributed by atoms with Crippen molar-refractivity contribution in [3.63, 3.8) is 0 Å². The fourth-order valence-electron chi connectivity index (χ4n) is 1.18. The molecule has 0 radical (unpaired) electrons. The maximum absolute atomic E-state index is 9.45. The van der Waals surface area contributed by atoms with Crippen molar-refractivity contribution in [2.24, 2.45) is 7.05 Å². The van der Waals surface area contributed by atoms with E-state index in [1.165, 1.54) is 5.69 Å². The predicted octanol–water partition coefficient (Wildman–Crippen LogP) is 0.886. The first-order chi connectivity index (χ1) is 5.99. The van der Waals surface area contributed by atoms with Gasteiger partial charge >= 0.3 is 0 Å². The molecule has 0 aromatic carbocycles. The van der Waals surface area contributed by atoms with Crippen LogP contribution in [0.3, 0.4) is 0 Å².